The van der Waals surface area contributed by atoms with Gasteiger partial charge in [0.25, 0.3) is 5.91 Å². The molecule has 1 aliphatic rings. The molecule has 0 radical (unpaired) electrons. The van der Waals surface area contributed by atoms with E-state index in [1.54, 1.807) is 34.4 Å². The maximum atomic E-state index is 13.0. The third-order valence-electron chi connectivity index (χ3n) is 5.33. The molecule has 6 heteroatoms. The lowest BCUT2D eigenvalue weighted by Gasteiger charge is -2.12. The van der Waals surface area contributed by atoms with Crippen molar-refractivity contribution in [3.63, 3.8) is 0 Å². The van der Waals surface area contributed by atoms with Crippen molar-refractivity contribution in [1.29, 1.82) is 0 Å². The number of para-hydroxylation sites is 1. The topological polar surface area (TPSA) is 42.0 Å². The summed E-state index contributed by atoms with van der Waals surface area (Å²) in [6.45, 7) is 2.13. The Morgan fingerprint density at radius 2 is 1.87 bits per heavy atom. The van der Waals surface area contributed by atoms with Crippen molar-refractivity contribution in [2.75, 3.05) is 11.1 Å². The number of hydrogen-bond donors (Lipinski definition) is 1. The van der Waals surface area contributed by atoms with Crippen LogP contribution in [0.1, 0.15) is 40.6 Å². The number of amides is 1. The summed E-state index contributed by atoms with van der Waals surface area (Å²) in [4.78, 5) is 20.5. The van der Waals surface area contributed by atoms with Crippen LogP contribution in [0, 0.1) is 0 Å². The zero-order valence-corrected chi connectivity index (χ0v) is 19.2. The van der Waals surface area contributed by atoms with E-state index in [1.807, 2.05) is 30.3 Å². The first-order valence-corrected chi connectivity index (χ1v) is 12.9. The number of nitrogens with one attached hydrogen (secondary N) is 1. The summed E-state index contributed by atoms with van der Waals surface area (Å²) in [6.07, 6.45) is 4.58. The normalized spacial score (nSPS) is 13.4. The predicted octanol–water partition coefficient (Wildman–Crippen LogP) is 7.27. The Hall–Kier alpha value is -2.15. The SMILES string of the molecule is CCSc1ccc(C(=O)Nc2sc3c(c2-c2nc4ccccc4s2)CCCC3)cc1. The van der Waals surface area contributed by atoms with Gasteiger partial charge in [0.2, 0.25) is 0 Å². The molecule has 1 aliphatic carbocycles. The number of rotatable bonds is 5. The number of carbonyl (C=O) groups excluding carboxylic acids is 1. The second kappa shape index (κ2) is 8.53. The summed E-state index contributed by atoms with van der Waals surface area (Å²) in [5.74, 6) is 0.974. The van der Waals surface area contributed by atoms with Gasteiger partial charge >= 0.3 is 0 Å². The number of anilines is 1. The van der Waals surface area contributed by atoms with Crippen LogP contribution in [-0.4, -0.2) is 16.6 Å². The molecule has 1 amide bonds. The van der Waals surface area contributed by atoms with Gasteiger partial charge in [-0.3, -0.25) is 4.79 Å². The first-order chi connectivity index (χ1) is 14.7. The molecule has 0 bridgehead atoms. The molecule has 30 heavy (non-hydrogen) atoms. The van der Waals surface area contributed by atoms with Gasteiger partial charge in [0.1, 0.15) is 10.0 Å². The molecule has 3 nitrogen and oxygen atoms in total. The lowest BCUT2D eigenvalue weighted by Crippen LogP contribution is -2.11. The van der Waals surface area contributed by atoms with E-state index in [-0.39, 0.29) is 5.91 Å². The molecule has 1 N–H and O–H groups in total. The quantitative estimate of drug-likeness (QED) is 0.325. The van der Waals surface area contributed by atoms with E-state index in [1.165, 1.54) is 32.9 Å². The van der Waals surface area contributed by atoms with Gasteiger partial charge in [-0.25, -0.2) is 4.98 Å². The summed E-state index contributed by atoms with van der Waals surface area (Å²) in [5.41, 5.74) is 4.24. The zero-order chi connectivity index (χ0) is 20.5. The molecule has 2 aromatic heterocycles. The lowest BCUT2D eigenvalue weighted by atomic mass is 9.95. The van der Waals surface area contributed by atoms with E-state index in [0.29, 0.717) is 5.56 Å². The molecular weight excluding hydrogens is 428 g/mol. The maximum absolute atomic E-state index is 13.0. The highest BCUT2D eigenvalue weighted by molar-refractivity contribution is 7.99. The van der Waals surface area contributed by atoms with E-state index >= 15 is 0 Å². The molecule has 0 saturated carbocycles. The van der Waals surface area contributed by atoms with Crippen LogP contribution in [0.15, 0.2) is 53.4 Å². The van der Waals surface area contributed by atoms with Gasteiger partial charge in [0.15, 0.2) is 0 Å². The molecule has 5 rings (SSSR count). The van der Waals surface area contributed by atoms with Gasteiger partial charge in [0, 0.05) is 20.9 Å². The van der Waals surface area contributed by atoms with Crippen molar-refractivity contribution >= 4 is 55.6 Å². The second-order valence-electron chi connectivity index (χ2n) is 7.31. The largest absolute Gasteiger partial charge is 0.313 e. The van der Waals surface area contributed by atoms with Gasteiger partial charge in [0.05, 0.1) is 10.2 Å². The van der Waals surface area contributed by atoms with Gasteiger partial charge in [-0.2, -0.15) is 0 Å². The molecule has 0 unspecified atom stereocenters. The van der Waals surface area contributed by atoms with Crippen molar-refractivity contribution in [3.8, 4) is 10.6 Å². The second-order valence-corrected chi connectivity index (χ2v) is 10.8. The molecule has 0 saturated heterocycles. The summed E-state index contributed by atoms with van der Waals surface area (Å²) >= 11 is 5.23. The van der Waals surface area contributed by atoms with Gasteiger partial charge in [-0.1, -0.05) is 19.1 Å². The number of thiophene rings is 1. The van der Waals surface area contributed by atoms with Crippen molar-refractivity contribution in [2.45, 2.75) is 37.5 Å². The lowest BCUT2D eigenvalue weighted by molar-refractivity contribution is 0.102. The Bertz CT molecular complexity index is 1170. The van der Waals surface area contributed by atoms with E-state index in [0.717, 1.165) is 39.7 Å². The van der Waals surface area contributed by atoms with E-state index in [4.69, 9.17) is 4.98 Å². The summed E-state index contributed by atoms with van der Waals surface area (Å²) in [7, 11) is 0. The first kappa shape index (κ1) is 19.8. The van der Waals surface area contributed by atoms with E-state index in [9.17, 15) is 4.79 Å². The summed E-state index contributed by atoms with van der Waals surface area (Å²) in [5, 5.41) is 5.17. The van der Waals surface area contributed by atoms with E-state index < -0.39 is 0 Å². The molecule has 0 fully saturated rings. The highest BCUT2D eigenvalue weighted by Gasteiger charge is 2.25. The smallest absolute Gasteiger partial charge is 0.256 e. The number of aromatic nitrogens is 1. The fourth-order valence-corrected chi connectivity index (χ4v) is 6.96. The molecule has 0 spiro atoms. The van der Waals surface area contributed by atoms with Crippen LogP contribution in [0.2, 0.25) is 0 Å². The Morgan fingerprint density at radius 3 is 2.67 bits per heavy atom. The van der Waals surface area contributed by atoms with Gasteiger partial charge in [-0.15, -0.1) is 34.4 Å². The average Bonchev–Trinajstić information content (AvgIpc) is 3.34. The maximum Gasteiger partial charge on any atom is 0.256 e. The monoisotopic (exact) mass is 450 g/mol. The number of benzene rings is 2. The number of nitrogens with zero attached hydrogens (tertiary/aromatic N) is 1. The third kappa shape index (κ3) is 3.80. The van der Waals surface area contributed by atoms with Gasteiger partial charge < -0.3 is 5.32 Å². The minimum Gasteiger partial charge on any atom is -0.313 e. The number of carbonyl (C=O) groups is 1. The van der Waals surface area contributed by atoms with Crippen LogP contribution in [0.25, 0.3) is 20.8 Å². The molecule has 2 heterocycles. The van der Waals surface area contributed by atoms with Crippen LogP contribution < -0.4 is 5.32 Å². The Labute approximate surface area is 188 Å². The number of thioether (sulfide) groups is 1. The van der Waals surface area contributed by atoms with Crippen molar-refractivity contribution < 1.29 is 4.79 Å². The van der Waals surface area contributed by atoms with E-state index in [2.05, 4.69) is 30.4 Å². The van der Waals surface area contributed by atoms with Crippen molar-refractivity contribution in [1.82, 2.24) is 4.98 Å². The van der Waals surface area contributed by atoms with Crippen LogP contribution in [-0.2, 0) is 12.8 Å². The van der Waals surface area contributed by atoms with Crippen molar-refractivity contribution in [3.05, 3.63) is 64.5 Å². The predicted molar refractivity (Wildman–Crippen MR) is 130 cm³/mol. The number of aryl methyl sites for hydroxylation is 1. The zero-order valence-electron chi connectivity index (χ0n) is 16.7. The number of fused-ring (bicyclic) bond motifs is 2. The minimum atomic E-state index is -0.0518. The first-order valence-electron chi connectivity index (χ1n) is 10.3. The standard InChI is InChI=1S/C24H22N2OS3/c1-2-28-16-13-11-15(12-14-16)22(27)26-24-21(17-7-3-5-9-19(17)29-24)23-25-18-8-4-6-10-20(18)30-23/h4,6,8,10-14H,2-3,5,7,9H2,1H3,(H,26,27). The third-order valence-corrected chi connectivity index (χ3v) is 8.49. The molecule has 152 valence electrons. The van der Waals surface area contributed by atoms with Crippen molar-refractivity contribution in [2.24, 2.45) is 0 Å². The Morgan fingerprint density at radius 1 is 1.07 bits per heavy atom. The van der Waals surface area contributed by atoms with Crippen LogP contribution in [0.3, 0.4) is 0 Å². The minimum absolute atomic E-state index is 0.0518. The molecule has 2 aromatic carbocycles. The highest BCUT2D eigenvalue weighted by Crippen LogP contribution is 2.46. The fourth-order valence-electron chi connectivity index (χ4n) is 3.90. The number of thiazole rings is 1. The molecular formula is C24H22N2OS3. The molecule has 4 aromatic rings. The average molecular weight is 451 g/mol. The Kier molecular flexibility index (Phi) is 5.63. The van der Waals surface area contributed by atoms with Crippen LogP contribution in [0.4, 0.5) is 5.00 Å². The summed E-state index contributed by atoms with van der Waals surface area (Å²) in [6, 6.07) is 16.1. The highest BCUT2D eigenvalue weighted by atomic mass is 32.2. The fraction of sp³-hybridized carbons (Fsp3) is 0.250. The molecule has 0 aliphatic heterocycles. The summed E-state index contributed by atoms with van der Waals surface area (Å²) < 4.78 is 1.18. The Balaban J connectivity index is 1.51. The number of hydrogen-bond acceptors (Lipinski definition) is 5. The van der Waals surface area contributed by atoms with Crippen LogP contribution >= 0.6 is 34.4 Å². The van der Waals surface area contributed by atoms with Crippen LogP contribution in [0.5, 0.6) is 0 Å². The molecule has 0 atom stereocenters. The van der Waals surface area contributed by atoms with Gasteiger partial charge in [-0.05, 0) is 73.4 Å².